The van der Waals surface area contributed by atoms with E-state index in [9.17, 15) is 9.59 Å². The van der Waals surface area contributed by atoms with Crippen molar-refractivity contribution in [2.45, 2.75) is 44.9 Å². The van der Waals surface area contributed by atoms with Crippen LogP contribution in [0.3, 0.4) is 0 Å². The summed E-state index contributed by atoms with van der Waals surface area (Å²) in [6.07, 6.45) is 8.19. The lowest BCUT2D eigenvalue weighted by atomic mass is 9.86. The third-order valence-corrected chi connectivity index (χ3v) is 6.01. The molecule has 0 spiro atoms. The predicted molar refractivity (Wildman–Crippen MR) is 108 cm³/mol. The topological polar surface area (TPSA) is 59.1 Å². The zero-order chi connectivity index (χ0) is 19.9. The van der Waals surface area contributed by atoms with E-state index in [0.717, 1.165) is 12.3 Å². The Morgan fingerprint density at radius 1 is 0.893 bits per heavy atom. The van der Waals surface area contributed by atoms with Crippen molar-refractivity contribution in [2.24, 2.45) is 5.92 Å². The molecule has 0 atom stereocenters. The third-order valence-electron chi connectivity index (χ3n) is 6.01. The zero-order valence-electron chi connectivity index (χ0n) is 17.1. The van der Waals surface area contributed by atoms with Crippen molar-refractivity contribution >= 4 is 11.8 Å². The fourth-order valence-electron chi connectivity index (χ4n) is 4.23. The predicted octanol–water partition coefficient (Wildman–Crippen LogP) is 3.35. The van der Waals surface area contributed by atoms with Crippen LogP contribution in [0.1, 0.15) is 55.3 Å². The van der Waals surface area contributed by atoms with Crippen LogP contribution in [0.15, 0.2) is 18.2 Å². The minimum atomic E-state index is -0.0495. The van der Waals surface area contributed by atoms with E-state index in [4.69, 9.17) is 9.47 Å². The molecule has 1 saturated carbocycles. The molecule has 0 N–H and O–H groups in total. The highest BCUT2D eigenvalue weighted by atomic mass is 16.5. The fraction of sp³-hybridized carbons (Fsp3) is 0.636. The van der Waals surface area contributed by atoms with Gasteiger partial charge >= 0.3 is 0 Å². The Hall–Kier alpha value is -2.24. The first kappa shape index (κ1) is 20.5. The Balaban J connectivity index is 1.50. The minimum Gasteiger partial charge on any atom is -0.497 e. The molecule has 0 radical (unpaired) electrons. The Kier molecular flexibility index (Phi) is 7.18. The summed E-state index contributed by atoms with van der Waals surface area (Å²) in [5.74, 6) is 2.11. The highest BCUT2D eigenvalue weighted by Gasteiger charge is 2.26. The molecule has 6 nitrogen and oxygen atoms in total. The lowest BCUT2D eigenvalue weighted by molar-refractivity contribution is -0.133. The number of benzene rings is 1. The number of carbonyl (C=O) groups is 2. The first-order chi connectivity index (χ1) is 13.6. The smallest absolute Gasteiger partial charge is 0.254 e. The van der Waals surface area contributed by atoms with E-state index >= 15 is 0 Å². The van der Waals surface area contributed by atoms with Gasteiger partial charge in [-0.2, -0.15) is 0 Å². The number of carbonyl (C=O) groups excluding carboxylic acids is 2. The maximum absolute atomic E-state index is 12.9. The van der Waals surface area contributed by atoms with Crippen LogP contribution in [0, 0.1) is 5.92 Å². The molecule has 2 aliphatic rings. The molecule has 2 fully saturated rings. The lowest BCUT2D eigenvalue weighted by Gasteiger charge is -2.35. The van der Waals surface area contributed by atoms with E-state index in [1.165, 1.54) is 32.1 Å². The van der Waals surface area contributed by atoms with E-state index in [0.29, 0.717) is 49.7 Å². The van der Waals surface area contributed by atoms with Crippen LogP contribution in [0.5, 0.6) is 11.5 Å². The molecule has 154 valence electrons. The van der Waals surface area contributed by atoms with Gasteiger partial charge in [0.15, 0.2) is 0 Å². The lowest BCUT2D eigenvalue weighted by Crippen LogP contribution is -2.50. The number of ether oxygens (including phenoxy) is 2. The Morgan fingerprint density at radius 3 is 2.04 bits per heavy atom. The first-order valence-electron chi connectivity index (χ1n) is 10.4. The molecule has 0 aromatic heterocycles. The molecule has 0 unspecified atom stereocenters. The van der Waals surface area contributed by atoms with Crippen molar-refractivity contribution in [3.63, 3.8) is 0 Å². The van der Waals surface area contributed by atoms with E-state index in [1.807, 2.05) is 4.90 Å². The van der Waals surface area contributed by atoms with Gasteiger partial charge < -0.3 is 19.3 Å². The van der Waals surface area contributed by atoms with Crippen LogP contribution in [0.25, 0.3) is 0 Å². The number of piperazine rings is 1. The van der Waals surface area contributed by atoms with E-state index in [2.05, 4.69) is 0 Å². The minimum absolute atomic E-state index is 0.0495. The van der Waals surface area contributed by atoms with Gasteiger partial charge in [-0.1, -0.05) is 32.1 Å². The largest absolute Gasteiger partial charge is 0.497 e. The summed E-state index contributed by atoms with van der Waals surface area (Å²) in [6.45, 7) is 2.34. The van der Waals surface area contributed by atoms with Crippen LogP contribution in [-0.2, 0) is 4.79 Å². The van der Waals surface area contributed by atoms with Gasteiger partial charge in [0.1, 0.15) is 11.5 Å². The van der Waals surface area contributed by atoms with Crippen LogP contribution < -0.4 is 9.47 Å². The van der Waals surface area contributed by atoms with Crippen molar-refractivity contribution in [3.8, 4) is 11.5 Å². The Labute approximate surface area is 167 Å². The van der Waals surface area contributed by atoms with Crippen LogP contribution in [0.2, 0.25) is 0 Å². The van der Waals surface area contributed by atoms with E-state index in [-0.39, 0.29) is 11.8 Å². The maximum Gasteiger partial charge on any atom is 0.254 e. The number of hydrogen-bond acceptors (Lipinski definition) is 4. The number of hydrogen-bond donors (Lipinski definition) is 0. The molecule has 1 heterocycles. The first-order valence-corrected chi connectivity index (χ1v) is 10.4. The van der Waals surface area contributed by atoms with Gasteiger partial charge in [0.25, 0.3) is 5.91 Å². The summed E-state index contributed by atoms with van der Waals surface area (Å²) < 4.78 is 10.5. The van der Waals surface area contributed by atoms with Gasteiger partial charge in [0.2, 0.25) is 5.91 Å². The van der Waals surface area contributed by atoms with Crippen LogP contribution in [-0.4, -0.2) is 62.0 Å². The average molecular weight is 389 g/mol. The SMILES string of the molecule is COc1cc(OC)cc(C(=O)N2CCN(C(=O)CCC3CCCCC3)CC2)c1. The van der Waals surface area contributed by atoms with Gasteiger partial charge in [-0.15, -0.1) is 0 Å². The summed E-state index contributed by atoms with van der Waals surface area (Å²) in [6, 6.07) is 5.21. The van der Waals surface area contributed by atoms with Crippen LogP contribution in [0.4, 0.5) is 0 Å². The van der Waals surface area contributed by atoms with Gasteiger partial charge in [0.05, 0.1) is 14.2 Å². The summed E-state index contributed by atoms with van der Waals surface area (Å²) in [7, 11) is 3.14. The molecule has 1 aromatic carbocycles. The van der Waals surface area contributed by atoms with Gasteiger partial charge in [0, 0.05) is 44.2 Å². The molecule has 1 aliphatic heterocycles. The molecule has 6 heteroatoms. The molecule has 3 rings (SSSR count). The van der Waals surface area contributed by atoms with Crippen LogP contribution >= 0.6 is 0 Å². The number of methoxy groups -OCH3 is 2. The summed E-state index contributed by atoms with van der Waals surface area (Å²) >= 11 is 0. The van der Waals surface area contributed by atoms with Crippen molar-refractivity contribution in [1.82, 2.24) is 9.80 Å². The second kappa shape index (κ2) is 9.80. The van der Waals surface area contributed by atoms with Crippen molar-refractivity contribution in [2.75, 3.05) is 40.4 Å². The number of amides is 2. The normalized spacial score (nSPS) is 18.1. The Bertz CT molecular complexity index is 655. The highest BCUT2D eigenvalue weighted by Crippen LogP contribution is 2.28. The molecule has 1 aromatic rings. The molecular weight excluding hydrogens is 356 g/mol. The monoisotopic (exact) mass is 388 g/mol. The molecule has 1 saturated heterocycles. The summed E-state index contributed by atoms with van der Waals surface area (Å²) in [5.41, 5.74) is 0.549. The van der Waals surface area contributed by atoms with Gasteiger partial charge in [-0.05, 0) is 24.5 Å². The molecule has 28 heavy (non-hydrogen) atoms. The second-order valence-electron chi connectivity index (χ2n) is 7.82. The maximum atomic E-state index is 12.9. The number of nitrogens with zero attached hydrogens (tertiary/aromatic N) is 2. The third kappa shape index (κ3) is 5.18. The summed E-state index contributed by atoms with van der Waals surface area (Å²) in [5, 5.41) is 0. The standard InChI is InChI=1S/C22H32N2O4/c1-27-19-14-18(15-20(16-19)28-2)22(26)24-12-10-23(11-13-24)21(25)9-8-17-6-4-3-5-7-17/h14-17H,3-13H2,1-2H3. The van der Waals surface area contributed by atoms with Gasteiger partial charge in [-0.3, -0.25) is 9.59 Å². The van der Waals surface area contributed by atoms with Gasteiger partial charge in [-0.25, -0.2) is 0 Å². The average Bonchev–Trinajstić information content (AvgIpc) is 2.77. The van der Waals surface area contributed by atoms with Crippen molar-refractivity contribution in [3.05, 3.63) is 23.8 Å². The molecule has 0 bridgehead atoms. The van der Waals surface area contributed by atoms with Crippen molar-refractivity contribution < 1.29 is 19.1 Å². The summed E-state index contributed by atoms with van der Waals surface area (Å²) in [4.78, 5) is 29.1. The quantitative estimate of drug-likeness (QED) is 0.750. The fourth-order valence-corrected chi connectivity index (χ4v) is 4.23. The molecular formula is C22H32N2O4. The zero-order valence-corrected chi connectivity index (χ0v) is 17.1. The molecule has 2 amide bonds. The Morgan fingerprint density at radius 2 is 1.46 bits per heavy atom. The highest BCUT2D eigenvalue weighted by molar-refractivity contribution is 5.95. The van der Waals surface area contributed by atoms with E-state index < -0.39 is 0 Å². The second-order valence-corrected chi connectivity index (χ2v) is 7.82. The van der Waals surface area contributed by atoms with E-state index in [1.54, 1.807) is 37.3 Å². The number of rotatable bonds is 6. The van der Waals surface area contributed by atoms with Crippen molar-refractivity contribution in [1.29, 1.82) is 0 Å². The molecule has 1 aliphatic carbocycles.